The molecule has 0 nitrogen and oxygen atoms in total. The summed E-state index contributed by atoms with van der Waals surface area (Å²) in [5, 5.41) is 1.34. The van der Waals surface area contributed by atoms with Gasteiger partial charge in [-0.1, -0.05) is 35.5 Å². The average Bonchev–Trinajstić information content (AvgIpc) is 1.95. The van der Waals surface area contributed by atoms with E-state index < -0.39 is 0 Å². The SMILES string of the molecule is C=CCc1ccc([SiH2])cc1. The molecule has 0 aliphatic carbocycles. The van der Waals surface area contributed by atoms with Crippen molar-refractivity contribution >= 4 is 15.4 Å². The number of hydrogen-bond donors (Lipinski definition) is 0. The molecule has 0 aliphatic rings. The Kier molecular flexibility index (Phi) is 2.46. The van der Waals surface area contributed by atoms with Gasteiger partial charge in [0.1, 0.15) is 0 Å². The van der Waals surface area contributed by atoms with Gasteiger partial charge in [0, 0.05) is 10.2 Å². The molecule has 0 bridgehead atoms. The molecule has 51 valence electrons. The quantitative estimate of drug-likeness (QED) is 0.426. The minimum absolute atomic E-state index is 0.976. The fourth-order valence-corrected chi connectivity index (χ4v) is 1.08. The Labute approximate surface area is 65.0 Å². The Morgan fingerprint density at radius 3 is 2.40 bits per heavy atom. The average molecular weight is 147 g/mol. The molecule has 0 spiro atoms. The normalized spacial score (nSPS) is 9.30. The molecule has 0 amide bonds. The maximum atomic E-state index is 3.68. The first kappa shape index (κ1) is 7.29. The molecule has 0 saturated heterocycles. The molecule has 0 aliphatic heterocycles. The van der Waals surface area contributed by atoms with Gasteiger partial charge in [0.15, 0.2) is 0 Å². The van der Waals surface area contributed by atoms with Gasteiger partial charge in [0.25, 0.3) is 0 Å². The van der Waals surface area contributed by atoms with Gasteiger partial charge in [0.2, 0.25) is 0 Å². The van der Waals surface area contributed by atoms with E-state index in [0.29, 0.717) is 0 Å². The molecule has 0 atom stereocenters. The van der Waals surface area contributed by atoms with Gasteiger partial charge in [-0.15, -0.1) is 6.58 Å². The first-order valence-corrected chi connectivity index (χ1v) is 4.05. The van der Waals surface area contributed by atoms with Crippen molar-refractivity contribution in [2.75, 3.05) is 0 Å². The lowest BCUT2D eigenvalue weighted by Crippen LogP contribution is -1.99. The summed E-state index contributed by atoms with van der Waals surface area (Å²) in [6, 6.07) is 8.56. The van der Waals surface area contributed by atoms with E-state index in [-0.39, 0.29) is 0 Å². The maximum absolute atomic E-state index is 3.68. The van der Waals surface area contributed by atoms with Gasteiger partial charge in [-0.25, -0.2) is 0 Å². The topological polar surface area (TPSA) is 0 Å². The fourth-order valence-electron chi connectivity index (χ4n) is 0.842. The van der Waals surface area contributed by atoms with Crippen LogP contribution in [0.25, 0.3) is 0 Å². The van der Waals surface area contributed by atoms with Crippen LogP contribution in [0.15, 0.2) is 36.9 Å². The number of hydrogen-bond acceptors (Lipinski definition) is 0. The lowest BCUT2D eigenvalue weighted by Gasteiger charge is -1.95. The van der Waals surface area contributed by atoms with E-state index in [0.717, 1.165) is 6.42 Å². The smallest absolute Gasteiger partial charge is 0.0477 e. The monoisotopic (exact) mass is 147 g/mol. The minimum atomic E-state index is 0.976. The highest BCUT2D eigenvalue weighted by Crippen LogP contribution is 1.96. The van der Waals surface area contributed by atoms with Crippen LogP contribution in [-0.2, 0) is 6.42 Å². The standard InChI is InChI=1S/C9H11Si/c1-2-3-8-4-6-9(10)7-5-8/h2,4-7H,1,3,10H2. The van der Waals surface area contributed by atoms with Crippen molar-refractivity contribution in [3.63, 3.8) is 0 Å². The van der Waals surface area contributed by atoms with Crippen molar-refractivity contribution in [2.45, 2.75) is 6.42 Å². The zero-order valence-electron chi connectivity index (χ0n) is 6.01. The Hall–Kier alpha value is -0.823. The summed E-state index contributed by atoms with van der Waals surface area (Å²) in [6.07, 6.45) is 2.90. The van der Waals surface area contributed by atoms with E-state index in [4.69, 9.17) is 0 Å². The Bertz CT molecular complexity index is 211. The van der Waals surface area contributed by atoms with Crippen LogP contribution in [0.4, 0.5) is 0 Å². The Morgan fingerprint density at radius 2 is 1.90 bits per heavy atom. The first-order valence-electron chi connectivity index (χ1n) is 3.34. The molecule has 1 rings (SSSR count). The number of allylic oxidation sites excluding steroid dienone is 1. The summed E-state index contributed by atoms with van der Waals surface area (Å²) in [7, 11) is 1.91. The molecule has 1 aromatic carbocycles. The Morgan fingerprint density at radius 1 is 1.30 bits per heavy atom. The van der Waals surface area contributed by atoms with Crippen LogP contribution in [0.2, 0.25) is 0 Å². The highest BCUT2D eigenvalue weighted by molar-refractivity contribution is 6.32. The van der Waals surface area contributed by atoms with Crippen LogP contribution in [0, 0.1) is 0 Å². The summed E-state index contributed by atoms with van der Waals surface area (Å²) in [6.45, 7) is 3.68. The summed E-state index contributed by atoms with van der Waals surface area (Å²) in [5.74, 6) is 0. The largest absolute Gasteiger partial charge is 0.103 e. The minimum Gasteiger partial charge on any atom is -0.103 e. The molecular weight excluding hydrogens is 136 g/mol. The zero-order chi connectivity index (χ0) is 7.40. The third-order valence-corrected chi connectivity index (χ3v) is 1.87. The van der Waals surface area contributed by atoms with Gasteiger partial charge >= 0.3 is 0 Å². The van der Waals surface area contributed by atoms with Crippen LogP contribution in [0.3, 0.4) is 0 Å². The lowest BCUT2D eigenvalue weighted by molar-refractivity contribution is 1.28. The predicted molar refractivity (Wildman–Crippen MR) is 48.5 cm³/mol. The third kappa shape index (κ3) is 1.85. The molecule has 0 fully saturated rings. The molecule has 10 heavy (non-hydrogen) atoms. The van der Waals surface area contributed by atoms with E-state index in [9.17, 15) is 0 Å². The van der Waals surface area contributed by atoms with Gasteiger partial charge in [-0.3, -0.25) is 0 Å². The summed E-state index contributed by atoms with van der Waals surface area (Å²) in [5.41, 5.74) is 1.34. The van der Waals surface area contributed by atoms with Gasteiger partial charge in [-0.05, 0) is 12.0 Å². The van der Waals surface area contributed by atoms with Crippen molar-refractivity contribution in [1.82, 2.24) is 0 Å². The molecular formula is C9H11Si. The van der Waals surface area contributed by atoms with Crippen LogP contribution < -0.4 is 5.19 Å². The molecule has 1 heteroatoms. The summed E-state index contributed by atoms with van der Waals surface area (Å²) < 4.78 is 0. The first-order chi connectivity index (χ1) is 4.83. The molecule has 1 aromatic rings. The molecule has 0 saturated carbocycles. The van der Waals surface area contributed by atoms with Crippen molar-refractivity contribution in [3.8, 4) is 0 Å². The Balaban J connectivity index is 2.78. The second-order valence-electron chi connectivity index (χ2n) is 2.31. The van der Waals surface area contributed by atoms with Crippen molar-refractivity contribution in [2.24, 2.45) is 0 Å². The number of rotatable bonds is 2. The van der Waals surface area contributed by atoms with E-state index in [1.165, 1.54) is 10.8 Å². The predicted octanol–water partition coefficient (Wildman–Crippen LogP) is 0.673. The van der Waals surface area contributed by atoms with Crippen molar-refractivity contribution in [1.29, 1.82) is 0 Å². The summed E-state index contributed by atoms with van der Waals surface area (Å²) >= 11 is 0. The van der Waals surface area contributed by atoms with Gasteiger partial charge < -0.3 is 0 Å². The van der Waals surface area contributed by atoms with Gasteiger partial charge in [-0.2, -0.15) is 0 Å². The second kappa shape index (κ2) is 3.37. The second-order valence-corrected chi connectivity index (χ2v) is 3.13. The third-order valence-electron chi connectivity index (χ3n) is 1.40. The zero-order valence-corrected chi connectivity index (χ0v) is 7.42. The van der Waals surface area contributed by atoms with Crippen molar-refractivity contribution in [3.05, 3.63) is 42.5 Å². The van der Waals surface area contributed by atoms with Crippen molar-refractivity contribution < 1.29 is 0 Å². The molecule has 0 aromatic heterocycles. The summed E-state index contributed by atoms with van der Waals surface area (Å²) in [4.78, 5) is 0. The van der Waals surface area contributed by atoms with Gasteiger partial charge in [0.05, 0.1) is 0 Å². The highest BCUT2D eigenvalue weighted by atomic mass is 28.1. The highest BCUT2D eigenvalue weighted by Gasteiger charge is 1.86. The molecule has 0 unspecified atom stereocenters. The molecule has 1 radical (unpaired) electrons. The van der Waals surface area contributed by atoms with E-state index in [2.05, 4.69) is 30.8 Å². The van der Waals surface area contributed by atoms with E-state index in [1.54, 1.807) is 0 Å². The number of benzene rings is 1. The van der Waals surface area contributed by atoms with E-state index in [1.807, 2.05) is 16.3 Å². The fraction of sp³-hybridized carbons (Fsp3) is 0.111. The van der Waals surface area contributed by atoms with Crippen LogP contribution in [0.1, 0.15) is 5.56 Å². The van der Waals surface area contributed by atoms with Crippen LogP contribution in [0.5, 0.6) is 0 Å². The molecule has 0 N–H and O–H groups in total. The lowest BCUT2D eigenvalue weighted by atomic mass is 10.2. The maximum Gasteiger partial charge on any atom is 0.0477 e. The van der Waals surface area contributed by atoms with E-state index >= 15 is 0 Å². The van der Waals surface area contributed by atoms with Crippen LogP contribution >= 0.6 is 0 Å². The van der Waals surface area contributed by atoms with Crippen LogP contribution in [-0.4, -0.2) is 10.2 Å². The molecule has 0 heterocycles.